The van der Waals surface area contributed by atoms with Gasteiger partial charge in [0.15, 0.2) is 11.6 Å². The van der Waals surface area contributed by atoms with Crippen molar-refractivity contribution >= 4 is 11.6 Å². The Bertz CT molecular complexity index is 1830. The molecule has 8 bridgehead atoms. The average molecular weight is 733 g/mol. The maximum absolute atomic E-state index is 14.5. The normalized spacial score (nSPS) is 15.1. The fraction of sp³-hybridized carbons (Fsp3) is 0.510. The van der Waals surface area contributed by atoms with Crippen LogP contribution in [-0.4, -0.2) is 31.4 Å². The quantitative estimate of drug-likeness (QED) is 0.205. The predicted molar refractivity (Wildman–Crippen MR) is 222 cm³/mol. The smallest absolute Gasteiger partial charge is 0.185 e. The van der Waals surface area contributed by atoms with E-state index in [0.717, 1.165) is 81.0 Å². The summed E-state index contributed by atoms with van der Waals surface area (Å²) in [5.74, 6) is 2.27. The predicted octanol–water partition coefficient (Wildman–Crippen LogP) is 11.2. The Morgan fingerprint density at radius 2 is 0.704 bits per heavy atom. The minimum atomic E-state index is -0.165. The van der Waals surface area contributed by atoms with Crippen molar-refractivity contribution in [2.45, 2.75) is 144 Å². The summed E-state index contributed by atoms with van der Waals surface area (Å²) in [6.07, 6.45) is 7.43. The van der Waals surface area contributed by atoms with Gasteiger partial charge in [0.25, 0.3) is 0 Å². The van der Waals surface area contributed by atoms with Crippen LogP contribution in [0.15, 0.2) is 59.7 Å². The molecule has 0 N–H and O–H groups in total. The number of benzene rings is 3. The SMILES string of the molecule is CCCOc1c2cc(C(C)(C)C)cc1Cc1cc(C(C)(C)C)cc(c1OCCC)Cc1cc(C(C)(C)C)cc(c1OCCC)CC1=CC(=O)C=C(C2)C1=O. The molecule has 0 heterocycles. The van der Waals surface area contributed by atoms with Crippen LogP contribution < -0.4 is 14.2 Å². The molecule has 0 atom stereocenters. The number of allylic oxidation sites excluding steroid dienone is 4. The molecule has 0 fully saturated rings. The van der Waals surface area contributed by atoms with E-state index in [1.807, 2.05) is 0 Å². The van der Waals surface area contributed by atoms with Gasteiger partial charge in [-0.15, -0.1) is 0 Å². The Kier molecular flexibility index (Phi) is 12.4. The van der Waals surface area contributed by atoms with Gasteiger partial charge in [0, 0.05) is 36.8 Å². The lowest BCUT2D eigenvalue weighted by molar-refractivity contribution is -0.115. The van der Waals surface area contributed by atoms with Crippen molar-refractivity contribution in [1.29, 1.82) is 0 Å². The molecule has 5 rings (SSSR count). The molecule has 290 valence electrons. The summed E-state index contributed by atoms with van der Waals surface area (Å²) < 4.78 is 20.1. The van der Waals surface area contributed by atoms with E-state index in [1.54, 1.807) is 0 Å². The van der Waals surface area contributed by atoms with E-state index in [1.165, 1.54) is 17.7 Å². The van der Waals surface area contributed by atoms with Crippen molar-refractivity contribution < 1.29 is 23.8 Å². The number of ether oxygens (including phenoxy) is 3. The third-order valence-corrected chi connectivity index (χ3v) is 10.4. The van der Waals surface area contributed by atoms with E-state index < -0.39 is 0 Å². The maximum Gasteiger partial charge on any atom is 0.185 e. The van der Waals surface area contributed by atoms with Crippen LogP contribution in [0.4, 0.5) is 0 Å². The molecule has 3 aromatic carbocycles. The number of hydrogen-bond donors (Lipinski definition) is 0. The summed E-state index contributed by atoms with van der Waals surface area (Å²) >= 11 is 0. The molecule has 0 saturated carbocycles. The molecule has 0 amide bonds. The van der Waals surface area contributed by atoms with Crippen molar-refractivity contribution in [1.82, 2.24) is 0 Å². The van der Waals surface area contributed by atoms with E-state index in [-0.39, 0.29) is 27.8 Å². The number of rotatable bonds is 9. The molecule has 0 aromatic heterocycles. The molecule has 3 aromatic rings. The van der Waals surface area contributed by atoms with Crippen LogP contribution in [0.25, 0.3) is 0 Å². The largest absolute Gasteiger partial charge is 0.493 e. The third kappa shape index (κ3) is 9.39. The van der Waals surface area contributed by atoms with Gasteiger partial charge in [-0.1, -0.05) is 119 Å². The van der Waals surface area contributed by atoms with E-state index >= 15 is 0 Å². The van der Waals surface area contributed by atoms with Crippen LogP contribution in [0.3, 0.4) is 0 Å². The maximum atomic E-state index is 14.5. The highest BCUT2D eigenvalue weighted by Crippen LogP contribution is 2.42. The zero-order valence-electron chi connectivity index (χ0n) is 35.2. The van der Waals surface area contributed by atoms with Crippen LogP contribution in [0.2, 0.25) is 0 Å². The van der Waals surface area contributed by atoms with Gasteiger partial charge < -0.3 is 14.2 Å². The average Bonchev–Trinajstić information content (AvgIpc) is 3.07. The topological polar surface area (TPSA) is 61.8 Å². The minimum absolute atomic E-state index is 0.0923. The van der Waals surface area contributed by atoms with Gasteiger partial charge in [0.05, 0.1) is 19.8 Å². The lowest BCUT2D eigenvalue weighted by atomic mass is 9.79. The third-order valence-electron chi connectivity index (χ3n) is 10.4. The van der Waals surface area contributed by atoms with E-state index in [4.69, 9.17) is 14.2 Å². The molecule has 2 aliphatic carbocycles. The summed E-state index contributed by atoms with van der Waals surface area (Å²) in [7, 11) is 0. The highest BCUT2D eigenvalue weighted by Gasteiger charge is 2.30. The molecule has 5 heteroatoms. The summed E-state index contributed by atoms with van der Waals surface area (Å²) in [5, 5.41) is 0. The van der Waals surface area contributed by atoms with Gasteiger partial charge in [-0.2, -0.15) is 0 Å². The lowest BCUT2D eigenvalue weighted by Crippen LogP contribution is -2.20. The highest BCUT2D eigenvalue weighted by molar-refractivity contribution is 6.20. The Labute approximate surface area is 325 Å². The van der Waals surface area contributed by atoms with E-state index in [9.17, 15) is 9.59 Å². The van der Waals surface area contributed by atoms with E-state index in [0.29, 0.717) is 56.7 Å². The minimum Gasteiger partial charge on any atom is -0.493 e. The first-order chi connectivity index (χ1) is 25.3. The van der Waals surface area contributed by atoms with Gasteiger partial charge in [0.1, 0.15) is 17.2 Å². The Morgan fingerprint density at radius 3 is 0.944 bits per heavy atom. The molecule has 0 saturated heterocycles. The molecule has 54 heavy (non-hydrogen) atoms. The first kappa shape index (κ1) is 41.1. The summed E-state index contributed by atoms with van der Waals surface area (Å²) in [6, 6.07) is 13.6. The molecule has 2 aliphatic rings. The summed E-state index contributed by atoms with van der Waals surface area (Å²) in [5.41, 5.74) is 10.3. The number of ketones is 2. The standard InChI is InChI=1S/C49H64O5/c1-13-16-52-44-33-19-31-29-42(50)30-32(43(31)51)20-34-24-40(48(7,8)9)26-36(45(34)53-17-14-2)22-38-28-41(49(10,11)12)27-37(46(38)54-18-15-3)21-35(44)25-39(23-33)47(4,5)6/h23-30H,13-22H2,1-12H3. The first-order valence-electron chi connectivity index (χ1n) is 20.2. The van der Waals surface area contributed by atoms with E-state index in [2.05, 4.69) is 119 Å². The number of carbonyl (C=O) groups excluding carboxylic acids is 2. The fourth-order valence-electron chi connectivity index (χ4n) is 7.32. The van der Waals surface area contributed by atoms with Crippen molar-refractivity contribution in [2.24, 2.45) is 0 Å². The Balaban J connectivity index is 1.92. The lowest BCUT2D eigenvalue weighted by Gasteiger charge is -2.28. The second-order valence-corrected chi connectivity index (χ2v) is 18.4. The molecule has 0 unspecified atom stereocenters. The summed E-state index contributed by atoms with van der Waals surface area (Å²) in [6.45, 7) is 28.2. The van der Waals surface area contributed by atoms with Gasteiger partial charge >= 0.3 is 0 Å². The van der Waals surface area contributed by atoms with Crippen molar-refractivity contribution in [3.8, 4) is 17.2 Å². The van der Waals surface area contributed by atoms with Crippen molar-refractivity contribution in [3.63, 3.8) is 0 Å². The molecule has 0 radical (unpaired) electrons. The van der Waals surface area contributed by atoms with Crippen molar-refractivity contribution in [3.05, 3.63) is 110 Å². The first-order valence-corrected chi connectivity index (χ1v) is 20.2. The second-order valence-electron chi connectivity index (χ2n) is 18.4. The molecular weight excluding hydrogens is 669 g/mol. The number of carbonyl (C=O) groups is 2. The van der Waals surface area contributed by atoms with Gasteiger partial charge in [-0.25, -0.2) is 0 Å². The highest BCUT2D eigenvalue weighted by atomic mass is 16.5. The van der Waals surface area contributed by atoms with Crippen LogP contribution in [0.5, 0.6) is 17.2 Å². The van der Waals surface area contributed by atoms with Gasteiger partial charge in [-0.05, 0) is 97.7 Å². The monoisotopic (exact) mass is 732 g/mol. The molecule has 0 spiro atoms. The van der Waals surface area contributed by atoms with Crippen LogP contribution in [0, 0.1) is 0 Å². The molecule has 0 aliphatic heterocycles. The Hall–Kier alpha value is -4.12. The second kappa shape index (κ2) is 16.3. The fourth-order valence-corrected chi connectivity index (χ4v) is 7.32. The number of hydrogen-bond acceptors (Lipinski definition) is 5. The summed E-state index contributed by atoms with van der Waals surface area (Å²) in [4.78, 5) is 27.9. The van der Waals surface area contributed by atoms with Crippen LogP contribution in [0.1, 0.15) is 152 Å². The Morgan fingerprint density at radius 1 is 0.444 bits per heavy atom. The molecular formula is C49H64O5. The molecule has 5 nitrogen and oxygen atoms in total. The number of Topliss-reactive ketones (excluding diaryl/α,β-unsaturated/α-hetero) is 1. The van der Waals surface area contributed by atoms with Crippen molar-refractivity contribution in [2.75, 3.05) is 19.8 Å². The number of fused-ring (bicyclic) bond motifs is 8. The zero-order valence-corrected chi connectivity index (χ0v) is 35.2. The zero-order chi connectivity index (χ0) is 39.6. The van der Waals surface area contributed by atoms with Gasteiger partial charge in [-0.3, -0.25) is 9.59 Å². The van der Waals surface area contributed by atoms with Crippen LogP contribution in [-0.2, 0) is 51.5 Å². The van der Waals surface area contributed by atoms with Gasteiger partial charge in [0.2, 0.25) is 0 Å². The van der Waals surface area contributed by atoms with Crippen LogP contribution >= 0.6 is 0 Å².